The number of nitrogens with two attached hydrogens (primary N) is 1. The molecule has 0 radical (unpaired) electrons. The van der Waals surface area contributed by atoms with Crippen molar-refractivity contribution in [2.75, 3.05) is 6.61 Å². The number of hydrogen-bond donors (Lipinski definition) is 2. The molecule has 1 amide bonds. The summed E-state index contributed by atoms with van der Waals surface area (Å²) in [4.78, 5) is 39.0. The molecule has 0 fully saturated rings. The number of carbonyl (C=O) groups excluding carboxylic acids is 3. The standard InChI is InChI=1S/C38H32N2O5/c39-34(36(42)45-37(43)44-25-33-31-22-12-10-20-29(31)30-21-11-13-23-32(30)33)24-35(41)40-38(26-14-4-1-5-15-26,27-16-6-2-7-17-27)28-18-8-3-9-19-28/h1-23,33-34H,24-25,39H2,(H,40,41)/t34-/m0/s1. The minimum atomic E-state index is -1.40. The lowest BCUT2D eigenvalue weighted by Gasteiger charge is -2.37. The number of amides is 1. The highest BCUT2D eigenvalue weighted by molar-refractivity contribution is 5.90. The van der Waals surface area contributed by atoms with Crippen LogP contribution >= 0.6 is 0 Å². The van der Waals surface area contributed by atoms with Gasteiger partial charge < -0.3 is 20.5 Å². The van der Waals surface area contributed by atoms with Crippen molar-refractivity contribution in [3.05, 3.63) is 167 Å². The Morgan fingerprint density at radius 1 is 0.644 bits per heavy atom. The molecule has 0 aromatic heterocycles. The summed E-state index contributed by atoms with van der Waals surface area (Å²) in [7, 11) is 0. The molecule has 3 N–H and O–H groups in total. The molecule has 1 aliphatic rings. The molecular weight excluding hydrogens is 564 g/mol. The van der Waals surface area contributed by atoms with Crippen molar-refractivity contribution in [2.24, 2.45) is 5.73 Å². The Morgan fingerprint density at radius 2 is 1.07 bits per heavy atom. The zero-order valence-corrected chi connectivity index (χ0v) is 24.5. The van der Waals surface area contributed by atoms with Gasteiger partial charge in [-0.3, -0.25) is 4.79 Å². The third-order valence-corrected chi connectivity index (χ3v) is 8.17. The molecule has 5 aromatic carbocycles. The predicted octanol–water partition coefficient (Wildman–Crippen LogP) is 6.30. The minimum Gasteiger partial charge on any atom is -0.433 e. The molecule has 7 heteroatoms. The predicted molar refractivity (Wildman–Crippen MR) is 171 cm³/mol. The van der Waals surface area contributed by atoms with E-state index in [-0.39, 0.29) is 12.5 Å². The number of nitrogens with one attached hydrogen (secondary N) is 1. The summed E-state index contributed by atoms with van der Waals surface area (Å²) in [6, 6.07) is 43.2. The number of rotatable bonds is 9. The monoisotopic (exact) mass is 596 g/mol. The van der Waals surface area contributed by atoms with Crippen molar-refractivity contribution in [3.63, 3.8) is 0 Å². The van der Waals surface area contributed by atoms with Gasteiger partial charge in [0.05, 0.1) is 6.42 Å². The van der Waals surface area contributed by atoms with Crippen molar-refractivity contribution in [2.45, 2.75) is 23.9 Å². The molecular formula is C38H32N2O5. The van der Waals surface area contributed by atoms with Crippen molar-refractivity contribution in [3.8, 4) is 11.1 Å². The second-order valence-corrected chi connectivity index (χ2v) is 10.9. The van der Waals surface area contributed by atoms with E-state index in [9.17, 15) is 14.4 Å². The van der Waals surface area contributed by atoms with Crippen LogP contribution in [-0.4, -0.2) is 30.7 Å². The van der Waals surface area contributed by atoms with E-state index in [4.69, 9.17) is 15.2 Å². The molecule has 0 saturated carbocycles. The zero-order valence-electron chi connectivity index (χ0n) is 24.5. The maximum Gasteiger partial charge on any atom is 0.516 e. The fraction of sp³-hybridized carbons (Fsp3) is 0.132. The number of fused-ring (bicyclic) bond motifs is 3. The number of ether oxygens (including phenoxy) is 2. The highest BCUT2D eigenvalue weighted by atomic mass is 16.7. The van der Waals surface area contributed by atoms with Gasteiger partial charge in [0.25, 0.3) is 0 Å². The van der Waals surface area contributed by atoms with E-state index in [2.05, 4.69) is 5.32 Å². The molecule has 1 aliphatic carbocycles. The minimum absolute atomic E-state index is 0.0103. The first-order valence-corrected chi connectivity index (χ1v) is 14.8. The van der Waals surface area contributed by atoms with Gasteiger partial charge in [-0.05, 0) is 38.9 Å². The van der Waals surface area contributed by atoms with Gasteiger partial charge in [-0.25, -0.2) is 9.59 Å². The van der Waals surface area contributed by atoms with Crippen molar-refractivity contribution < 1.29 is 23.9 Å². The molecule has 0 bridgehead atoms. The third-order valence-electron chi connectivity index (χ3n) is 8.17. The average Bonchev–Trinajstić information content (AvgIpc) is 3.41. The van der Waals surface area contributed by atoms with E-state index in [1.165, 1.54) is 0 Å². The Labute approximate surface area is 261 Å². The molecule has 224 valence electrons. The van der Waals surface area contributed by atoms with Crippen LogP contribution in [0.1, 0.15) is 40.2 Å². The molecule has 45 heavy (non-hydrogen) atoms. The largest absolute Gasteiger partial charge is 0.516 e. The van der Waals surface area contributed by atoms with E-state index in [1.54, 1.807) is 0 Å². The van der Waals surface area contributed by atoms with Gasteiger partial charge >= 0.3 is 12.1 Å². The average molecular weight is 597 g/mol. The van der Waals surface area contributed by atoms with Crippen molar-refractivity contribution >= 4 is 18.0 Å². The molecule has 7 nitrogen and oxygen atoms in total. The van der Waals surface area contributed by atoms with Crippen LogP contribution in [0.2, 0.25) is 0 Å². The first kappa shape index (κ1) is 29.5. The highest BCUT2D eigenvalue weighted by Gasteiger charge is 2.38. The van der Waals surface area contributed by atoms with E-state index in [0.29, 0.717) is 0 Å². The summed E-state index contributed by atoms with van der Waals surface area (Å²) in [5, 5.41) is 3.16. The maximum atomic E-state index is 13.6. The van der Waals surface area contributed by atoms with E-state index < -0.39 is 36.0 Å². The Kier molecular flexibility index (Phi) is 8.53. The number of benzene rings is 5. The summed E-state index contributed by atoms with van der Waals surface area (Å²) in [6.45, 7) is -0.0103. The first-order valence-electron chi connectivity index (χ1n) is 14.8. The maximum absolute atomic E-state index is 13.6. The quantitative estimate of drug-likeness (QED) is 0.117. The van der Waals surface area contributed by atoms with Crippen LogP contribution in [0.15, 0.2) is 140 Å². The lowest BCUT2D eigenvalue weighted by molar-refractivity contribution is -0.143. The second kappa shape index (κ2) is 13.0. The molecule has 6 rings (SSSR count). The van der Waals surface area contributed by atoms with Crippen LogP contribution in [0.4, 0.5) is 4.79 Å². The Hall–Kier alpha value is -5.53. The summed E-state index contributed by atoms with van der Waals surface area (Å²) >= 11 is 0. The molecule has 1 atom stereocenters. The van der Waals surface area contributed by atoms with Gasteiger partial charge in [0.15, 0.2) is 0 Å². The van der Waals surface area contributed by atoms with Crippen LogP contribution in [0.25, 0.3) is 11.1 Å². The lowest BCUT2D eigenvalue weighted by Crippen LogP contribution is -2.50. The fourth-order valence-electron chi connectivity index (χ4n) is 6.10. The Balaban J connectivity index is 1.14. The second-order valence-electron chi connectivity index (χ2n) is 10.9. The number of hydrogen-bond acceptors (Lipinski definition) is 6. The topological polar surface area (TPSA) is 108 Å². The van der Waals surface area contributed by atoms with Gasteiger partial charge in [-0.1, -0.05) is 140 Å². The van der Waals surface area contributed by atoms with Gasteiger partial charge in [0, 0.05) is 5.92 Å². The molecule has 5 aromatic rings. The fourth-order valence-corrected chi connectivity index (χ4v) is 6.10. The van der Waals surface area contributed by atoms with Crippen LogP contribution in [0.5, 0.6) is 0 Å². The molecule has 0 aliphatic heterocycles. The summed E-state index contributed by atoms with van der Waals surface area (Å²) in [5.74, 6) is -1.74. The summed E-state index contributed by atoms with van der Waals surface area (Å²) in [5.41, 5.74) is 11.7. The molecule has 0 saturated heterocycles. The third kappa shape index (κ3) is 5.98. The van der Waals surface area contributed by atoms with Crippen molar-refractivity contribution in [1.82, 2.24) is 5.32 Å². The van der Waals surface area contributed by atoms with Gasteiger partial charge in [-0.15, -0.1) is 0 Å². The lowest BCUT2D eigenvalue weighted by atomic mass is 9.77. The molecule has 0 spiro atoms. The number of esters is 1. The molecule has 0 heterocycles. The Morgan fingerprint density at radius 3 is 1.53 bits per heavy atom. The van der Waals surface area contributed by atoms with Gasteiger partial charge in [0.2, 0.25) is 5.91 Å². The normalized spacial score (nSPS) is 12.8. The van der Waals surface area contributed by atoms with E-state index in [1.807, 2.05) is 140 Å². The Bertz CT molecular complexity index is 1670. The van der Waals surface area contributed by atoms with E-state index in [0.717, 1.165) is 38.9 Å². The number of carbonyl (C=O) groups is 3. The van der Waals surface area contributed by atoms with Crippen LogP contribution < -0.4 is 11.1 Å². The smallest absolute Gasteiger partial charge is 0.433 e. The van der Waals surface area contributed by atoms with Crippen LogP contribution in [0.3, 0.4) is 0 Å². The van der Waals surface area contributed by atoms with Crippen molar-refractivity contribution in [1.29, 1.82) is 0 Å². The van der Waals surface area contributed by atoms with E-state index >= 15 is 0 Å². The van der Waals surface area contributed by atoms with Crippen LogP contribution in [0, 0.1) is 0 Å². The first-order chi connectivity index (χ1) is 22.0. The van der Waals surface area contributed by atoms with Crippen LogP contribution in [-0.2, 0) is 24.6 Å². The highest BCUT2D eigenvalue weighted by Crippen LogP contribution is 2.44. The van der Waals surface area contributed by atoms with Gasteiger partial charge in [0.1, 0.15) is 18.2 Å². The SMILES string of the molecule is N[C@@H](CC(=O)NC(c1ccccc1)(c1ccccc1)c1ccccc1)C(=O)OC(=O)OCC1c2ccccc2-c2ccccc21. The zero-order chi connectivity index (χ0) is 31.2. The summed E-state index contributed by atoms with van der Waals surface area (Å²) < 4.78 is 10.3. The summed E-state index contributed by atoms with van der Waals surface area (Å²) in [6.07, 6.45) is -1.58. The molecule has 0 unspecified atom stereocenters. The van der Waals surface area contributed by atoms with Gasteiger partial charge in [-0.2, -0.15) is 0 Å².